The Morgan fingerprint density at radius 2 is 2.00 bits per heavy atom. The fourth-order valence-electron chi connectivity index (χ4n) is 1.63. The van der Waals surface area contributed by atoms with E-state index in [-0.39, 0.29) is 5.75 Å². The molecule has 2 aromatic rings. The van der Waals surface area contributed by atoms with Crippen LogP contribution in [-0.4, -0.2) is 18.4 Å². The Morgan fingerprint density at radius 1 is 1.21 bits per heavy atom. The molecule has 4 heteroatoms. The predicted octanol–water partition coefficient (Wildman–Crippen LogP) is 3.16. The van der Waals surface area contributed by atoms with E-state index in [1.54, 1.807) is 31.5 Å². The molecule has 2 rings (SSSR count). The summed E-state index contributed by atoms with van der Waals surface area (Å²) in [5.41, 5.74) is 5.58. The molecule has 0 heterocycles. The van der Waals surface area contributed by atoms with Crippen molar-refractivity contribution in [1.29, 1.82) is 0 Å². The smallest absolute Gasteiger partial charge is 0.124 e. The largest absolute Gasteiger partial charge is 0.507 e. The molecule has 0 aliphatic carbocycles. The van der Waals surface area contributed by atoms with Crippen molar-refractivity contribution in [1.82, 2.24) is 0 Å². The van der Waals surface area contributed by atoms with Gasteiger partial charge in [-0.05, 0) is 36.8 Å². The highest BCUT2D eigenvalue weighted by Gasteiger charge is 2.00. The third kappa shape index (κ3) is 3.25. The average Bonchev–Trinajstić information content (AvgIpc) is 2.43. The van der Waals surface area contributed by atoms with E-state index in [1.165, 1.54) is 0 Å². The summed E-state index contributed by atoms with van der Waals surface area (Å²) >= 11 is 0. The van der Waals surface area contributed by atoms with Crippen LogP contribution in [-0.2, 0) is 0 Å². The summed E-state index contributed by atoms with van der Waals surface area (Å²) in [6.45, 7) is 2.00. The number of ether oxygens (including phenoxy) is 1. The standard InChI is InChI=1S/C15H16N2O2/c1-11-5-3-4-6-14(11)17-16-10-12-9-13(19-2)7-8-15(12)18/h3-10,17-18H,1-2H3. The molecule has 98 valence electrons. The van der Waals surface area contributed by atoms with Gasteiger partial charge in [-0.25, -0.2) is 0 Å². The predicted molar refractivity (Wildman–Crippen MR) is 77.1 cm³/mol. The van der Waals surface area contributed by atoms with Gasteiger partial charge in [0.2, 0.25) is 0 Å². The van der Waals surface area contributed by atoms with Gasteiger partial charge in [0.1, 0.15) is 11.5 Å². The summed E-state index contributed by atoms with van der Waals surface area (Å²) in [5.74, 6) is 0.839. The van der Waals surface area contributed by atoms with Crippen LogP contribution in [0.1, 0.15) is 11.1 Å². The van der Waals surface area contributed by atoms with Crippen molar-refractivity contribution in [2.75, 3.05) is 12.5 Å². The summed E-state index contributed by atoms with van der Waals surface area (Å²) in [4.78, 5) is 0. The lowest BCUT2D eigenvalue weighted by molar-refractivity contribution is 0.412. The molecule has 0 bridgehead atoms. The molecule has 4 nitrogen and oxygen atoms in total. The van der Waals surface area contributed by atoms with E-state index < -0.39 is 0 Å². The third-order valence-electron chi connectivity index (χ3n) is 2.77. The zero-order chi connectivity index (χ0) is 13.7. The number of hydrogen-bond donors (Lipinski definition) is 2. The van der Waals surface area contributed by atoms with E-state index in [4.69, 9.17) is 4.74 Å². The van der Waals surface area contributed by atoms with Crippen molar-refractivity contribution < 1.29 is 9.84 Å². The molecule has 0 fully saturated rings. The number of rotatable bonds is 4. The topological polar surface area (TPSA) is 53.9 Å². The number of aromatic hydroxyl groups is 1. The molecule has 0 amide bonds. The zero-order valence-corrected chi connectivity index (χ0v) is 10.9. The van der Waals surface area contributed by atoms with E-state index in [0.29, 0.717) is 11.3 Å². The second-order valence-electron chi connectivity index (χ2n) is 4.11. The third-order valence-corrected chi connectivity index (χ3v) is 2.77. The highest BCUT2D eigenvalue weighted by atomic mass is 16.5. The molecule has 2 aromatic carbocycles. The fourth-order valence-corrected chi connectivity index (χ4v) is 1.63. The molecule has 0 radical (unpaired) electrons. The van der Waals surface area contributed by atoms with Crippen molar-refractivity contribution in [3.8, 4) is 11.5 Å². The number of anilines is 1. The Labute approximate surface area is 112 Å². The number of para-hydroxylation sites is 1. The van der Waals surface area contributed by atoms with Crippen LogP contribution in [0.2, 0.25) is 0 Å². The first-order valence-corrected chi connectivity index (χ1v) is 5.92. The zero-order valence-electron chi connectivity index (χ0n) is 10.9. The van der Waals surface area contributed by atoms with Crippen LogP contribution in [0.25, 0.3) is 0 Å². The van der Waals surface area contributed by atoms with Crippen LogP contribution >= 0.6 is 0 Å². The van der Waals surface area contributed by atoms with Gasteiger partial charge in [-0.3, -0.25) is 5.43 Å². The molecular formula is C15H16N2O2. The first kappa shape index (κ1) is 13.0. The summed E-state index contributed by atoms with van der Waals surface area (Å²) in [5, 5.41) is 13.8. The van der Waals surface area contributed by atoms with E-state index >= 15 is 0 Å². The summed E-state index contributed by atoms with van der Waals surface area (Å²) in [6, 6.07) is 12.8. The van der Waals surface area contributed by atoms with Gasteiger partial charge in [-0.15, -0.1) is 0 Å². The monoisotopic (exact) mass is 256 g/mol. The molecular weight excluding hydrogens is 240 g/mol. The Kier molecular flexibility index (Phi) is 4.03. The van der Waals surface area contributed by atoms with Gasteiger partial charge in [-0.2, -0.15) is 5.10 Å². The molecule has 0 saturated carbocycles. The van der Waals surface area contributed by atoms with Crippen LogP contribution in [0.4, 0.5) is 5.69 Å². The molecule has 0 saturated heterocycles. The van der Waals surface area contributed by atoms with Crippen molar-refractivity contribution in [2.24, 2.45) is 5.10 Å². The number of methoxy groups -OCH3 is 1. The van der Waals surface area contributed by atoms with Gasteiger partial charge in [0.15, 0.2) is 0 Å². The van der Waals surface area contributed by atoms with Gasteiger partial charge in [0.05, 0.1) is 19.0 Å². The lowest BCUT2D eigenvalue weighted by Gasteiger charge is -2.05. The minimum atomic E-state index is 0.163. The number of hydrazone groups is 1. The summed E-state index contributed by atoms with van der Waals surface area (Å²) in [7, 11) is 1.58. The van der Waals surface area contributed by atoms with Gasteiger partial charge >= 0.3 is 0 Å². The number of phenolic OH excluding ortho intramolecular Hbond substituents is 1. The van der Waals surface area contributed by atoms with Crippen LogP contribution < -0.4 is 10.2 Å². The van der Waals surface area contributed by atoms with Gasteiger partial charge < -0.3 is 9.84 Å². The normalized spacial score (nSPS) is 10.6. The first-order chi connectivity index (χ1) is 9.20. The number of benzene rings is 2. The molecule has 2 N–H and O–H groups in total. The fraction of sp³-hybridized carbons (Fsp3) is 0.133. The quantitative estimate of drug-likeness (QED) is 0.652. The number of phenols is 1. The molecule has 0 aliphatic rings. The van der Waals surface area contributed by atoms with E-state index in [0.717, 1.165) is 11.3 Å². The minimum Gasteiger partial charge on any atom is -0.507 e. The van der Waals surface area contributed by atoms with Crippen LogP contribution in [0.15, 0.2) is 47.6 Å². The van der Waals surface area contributed by atoms with E-state index in [9.17, 15) is 5.11 Å². The van der Waals surface area contributed by atoms with Gasteiger partial charge in [0, 0.05) is 5.56 Å². The molecule has 0 aliphatic heterocycles. The van der Waals surface area contributed by atoms with Crippen LogP contribution in [0, 0.1) is 6.92 Å². The van der Waals surface area contributed by atoms with Crippen molar-refractivity contribution in [3.05, 3.63) is 53.6 Å². The number of aryl methyl sites for hydroxylation is 1. The lowest BCUT2D eigenvalue weighted by atomic mass is 10.2. The maximum absolute atomic E-state index is 9.71. The SMILES string of the molecule is COc1ccc(O)c(C=NNc2ccccc2C)c1. The van der Waals surface area contributed by atoms with Crippen molar-refractivity contribution in [2.45, 2.75) is 6.92 Å². The maximum atomic E-state index is 9.71. The average molecular weight is 256 g/mol. The number of nitrogens with one attached hydrogen (secondary N) is 1. The molecule has 0 spiro atoms. The van der Waals surface area contributed by atoms with Gasteiger partial charge in [0.25, 0.3) is 0 Å². The number of nitrogens with zero attached hydrogens (tertiary/aromatic N) is 1. The summed E-state index contributed by atoms with van der Waals surface area (Å²) < 4.78 is 5.10. The number of hydrogen-bond acceptors (Lipinski definition) is 4. The molecule has 0 aromatic heterocycles. The lowest BCUT2D eigenvalue weighted by Crippen LogP contribution is -1.93. The Balaban J connectivity index is 2.13. The second-order valence-corrected chi connectivity index (χ2v) is 4.11. The second kappa shape index (κ2) is 5.91. The van der Waals surface area contributed by atoms with Crippen molar-refractivity contribution in [3.63, 3.8) is 0 Å². The maximum Gasteiger partial charge on any atom is 0.124 e. The van der Waals surface area contributed by atoms with E-state index in [2.05, 4.69) is 10.5 Å². The van der Waals surface area contributed by atoms with Gasteiger partial charge in [-0.1, -0.05) is 18.2 Å². The van der Waals surface area contributed by atoms with E-state index in [1.807, 2.05) is 31.2 Å². The molecule has 0 atom stereocenters. The Hall–Kier alpha value is -2.49. The van der Waals surface area contributed by atoms with Crippen molar-refractivity contribution >= 4 is 11.9 Å². The minimum absolute atomic E-state index is 0.163. The Morgan fingerprint density at radius 3 is 2.74 bits per heavy atom. The molecule has 19 heavy (non-hydrogen) atoms. The molecule has 0 unspecified atom stereocenters. The highest BCUT2D eigenvalue weighted by Crippen LogP contribution is 2.21. The first-order valence-electron chi connectivity index (χ1n) is 5.92. The highest BCUT2D eigenvalue weighted by molar-refractivity contribution is 5.84. The van der Waals surface area contributed by atoms with Crippen LogP contribution in [0.3, 0.4) is 0 Å². The Bertz CT molecular complexity index is 594. The van der Waals surface area contributed by atoms with Crippen LogP contribution in [0.5, 0.6) is 11.5 Å². The summed E-state index contributed by atoms with van der Waals surface area (Å²) in [6.07, 6.45) is 1.56.